The zero-order valence-electron chi connectivity index (χ0n) is 23.3. The second kappa shape index (κ2) is 12.3. The molecule has 0 spiro atoms. The van der Waals surface area contributed by atoms with Gasteiger partial charge in [-0.25, -0.2) is 9.59 Å². The van der Waals surface area contributed by atoms with E-state index in [1.807, 2.05) is 13.8 Å². The zero-order chi connectivity index (χ0) is 33.1. The maximum absolute atomic E-state index is 12.6. The molecule has 0 saturated carbocycles. The largest absolute Gasteiger partial charge is 0.423 e. The number of esters is 2. The van der Waals surface area contributed by atoms with Gasteiger partial charge in [0, 0.05) is 17.5 Å². The van der Waals surface area contributed by atoms with E-state index in [-0.39, 0.29) is 11.5 Å². The Labute approximate surface area is 252 Å². The minimum atomic E-state index is -1.08. The first-order valence-electron chi connectivity index (χ1n) is 12.7. The van der Waals surface area contributed by atoms with Crippen molar-refractivity contribution in [1.29, 1.82) is 0 Å². The Kier molecular flexibility index (Phi) is 8.60. The molecule has 0 aliphatic carbocycles. The van der Waals surface area contributed by atoms with Crippen LogP contribution in [-0.4, -0.2) is 31.6 Å². The Hall–Kier alpha value is -6.58. The van der Waals surface area contributed by atoms with Gasteiger partial charge < -0.3 is 9.47 Å². The van der Waals surface area contributed by atoms with Crippen LogP contribution in [0.3, 0.4) is 0 Å². The first-order valence-corrected chi connectivity index (χ1v) is 12.7. The lowest BCUT2D eigenvalue weighted by Gasteiger charge is -2.26. The predicted molar refractivity (Wildman–Crippen MR) is 154 cm³/mol. The summed E-state index contributed by atoms with van der Waals surface area (Å²) in [6, 6.07) is 17.7. The Balaban J connectivity index is 1.48. The summed E-state index contributed by atoms with van der Waals surface area (Å²) in [6.45, 7) is 3.77. The lowest BCUT2D eigenvalue weighted by molar-refractivity contribution is -0.394. The van der Waals surface area contributed by atoms with Crippen LogP contribution in [0, 0.1) is 40.5 Å². The molecule has 16 heteroatoms. The third-order valence-electron chi connectivity index (χ3n) is 6.79. The molecule has 0 radical (unpaired) electrons. The van der Waals surface area contributed by atoms with E-state index in [1.165, 1.54) is 24.3 Å². The highest BCUT2D eigenvalue weighted by Gasteiger charge is 2.28. The molecule has 45 heavy (non-hydrogen) atoms. The highest BCUT2D eigenvalue weighted by Crippen LogP contribution is 2.34. The highest BCUT2D eigenvalue weighted by atomic mass is 16.6. The smallest absolute Gasteiger partial charge is 0.350 e. The summed E-state index contributed by atoms with van der Waals surface area (Å²) in [5, 5.41) is 44.6. The van der Waals surface area contributed by atoms with Crippen molar-refractivity contribution in [2.24, 2.45) is 0 Å². The van der Waals surface area contributed by atoms with Gasteiger partial charge in [0.25, 0.3) is 22.7 Å². The van der Waals surface area contributed by atoms with Crippen molar-refractivity contribution < 1.29 is 38.8 Å². The number of rotatable bonds is 10. The van der Waals surface area contributed by atoms with Crippen LogP contribution in [0.4, 0.5) is 22.7 Å². The normalized spacial score (nSPS) is 10.9. The van der Waals surface area contributed by atoms with Crippen LogP contribution in [0.2, 0.25) is 0 Å². The molecule has 0 fully saturated rings. The fourth-order valence-electron chi connectivity index (χ4n) is 4.28. The summed E-state index contributed by atoms with van der Waals surface area (Å²) in [6.07, 6.45) is 0. The second-order valence-electron chi connectivity index (χ2n) is 9.88. The lowest BCUT2D eigenvalue weighted by atomic mass is 9.78. The van der Waals surface area contributed by atoms with Gasteiger partial charge in [0.15, 0.2) is 0 Å². The molecule has 4 rings (SSSR count). The zero-order valence-corrected chi connectivity index (χ0v) is 23.3. The van der Waals surface area contributed by atoms with Gasteiger partial charge >= 0.3 is 11.9 Å². The van der Waals surface area contributed by atoms with Crippen molar-refractivity contribution in [1.82, 2.24) is 0 Å². The first-order chi connectivity index (χ1) is 21.2. The topological polar surface area (TPSA) is 225 Å². The van der Waals surface area contributed by atoms with Crippen LogP contribution >= 0.6 is 0 Å². The van der Waals surface area contributed by atoms with E-state index in [1.54, 1.807) is 24.3 Å². The quantitative estimate of drug-likeness (QED) is 0.0854. The SMILES string of the molecule is CC(C)(c1ccc(OC(=O)c2ccc([N+](=O)[O-])cc2[N+](=O)[O-])cc1)c1ccc(OC(=O)c2ccc([N+](=O)[O-])cc2[N+](=O)[O-])cc1. The summed E-state index contributed by atoms with van der Waals surface area (Å²) >= 11 is 0. The molecular formula is C29H20N4O12. The Morgan fingerprint density at radius 2 is 0.867 bits per heavy atom. The number of ether oxygens (including phenoxy) is 2. The monoisotopic (exact) mass is 616 g/mol. The van der Waals surface area contributed by atoms with Crippen molar-refractivity contribution in [3.8, 4) is 11.5 Å². The van der Waals surface area contributed by atoms with Gasteiger partial charge in [-0.1, -0.05) is 38.1 Å². The molecule has 0 saturated heterocycles. The molecule has 0 N–H and O–H groups in total. The van der Waals surface area contributed by atoms with Gasteiger partial charge in [0.05, 0.1) is 31.8 Å². The first kappa shape index (κ1) is 31.4. The summed E-state index contributed by atoms with van der Waals surface area (Å²) in [4.78, 5) is 66.4. The predicted octanol–water partition coefficient (Wildman–Crippen LogP) is 6.08. The molecule has 0 aliphatic heterocycles. The molecule has 0 bridgehead atoms. The molecule has 0 aromatic heterocycles. The maximum Gasteiger partial charge on any atom is 0.350 e. The lowest BCUT2D eigenvalue weighted by Crippen LogP contribution is -2.19. The minimum Gasteiger partial charge on any atom is -0.423 e. The number of non-ortho nitro benzene ring substituents is 2. The van der Waals surface area contributed by atoms with E-state index in [0.717, 1.165) is 35.4 Å². The van der Waals surface area contributed by atoms with E-state index in [2.05, 4.69) is 0 Å². The average Bonchev–Trinajstić information content (AvgIpc) is 3.00. The number of benzene rings is 4. The minimum absolute atomic E-state index is 0.0646. The van der Waals surface area contributed by atoms with E-state index in [4.69, 9.17) is 9.47 Å². The molecule has 4 aromatic rings. The number of hydrogen-bond donors (Lipinski definition) is 0. The van der Waals surface area contributed by atoms with Crippen molar-refractivity contribution in [3.63, 3.8) is 0 Å². The van der Waals surface area contributed by atoms with E-state index in [0.29, 0.717) is 12.1 Å². The number of carbonyl (C=O) groups excluding carboxylic acids is 2. The van der Waals surface area contributed by atoms with Crippen LogP contribution in [0.15, 0.2) is 84.9 Å². The van der Waals surface area contributed by atoms with Crippen molar-refractivity contribution >= 4 is 34.7 Å². The Morgan fingerprint density at radius 1 is 0.533 bits per heavy atom. The van der Waals surface area contributed by atoms with Crippen molar-refractivity contribution in [3.05, 3.63) is 148 Å². The van der Waals surface area contributed by atoms with E-state index in [9.17, 15) is 50.0 Å². The average molecular weight is 616 g/mol. The number of carbonyl (C=O) groups is 2. The summed E-state index contributed by atoms with van der Waals surface area (Å²) in [7, 11) is 0. The van der Waals surface area contributed by atoms with E-state index >= 15 is 0 Å². The van der Waals surface area contributed by atoms with Gasteiger partial charge in [-0.05, 0) is 47.5 Å². The Morgan fingerprint density at radius 3 is 1.16 bits per heavy atom. The van der Waals surface area contributed by atoms with Crippen molar-refractivity contribution in [2.75, 3.05) is 0 Å². The van der Waals surface area contributed by atoms with Gasteiger partial charge in [0.2, 0.25) is 0 Å². The van der Waals surface area contributed by atoms with Crippen LogP contribution in [0.1, 0.15) is 45.7 Å². The number of nitro benzene ring substituents is 4. The van der Waals surface area contributed by atoms with Gasteiger partial charge in [-0.2, -0.15) is 0 Å². The highest BCUT2D eigenvalue weighted by molar-refractivity contribution is 5.96. The third-order valence-corrected chi connectivity index (χ3v) is 6.79. The van der Waals surface area contributed by atoms with Gasteiger partial charge in [0.1, 0.15) is 22.6 Å². The summed E-state index contributed by atoms with van der Waals surface area (Å²) in [5.74, 6) is -2.02. The number of hydrogen-bond acceptors (Lipinski definition) is 12. The van der Waals surface area contributed by atoms with Crippen LogP contribution in [0.25, 0.3) is 0 Å². The third kappa shape index (κ3) is 6.75. The molecule has 16 nitrogen and oxygen atoms in total. The Bertz CT molecular complexity index is 1730. The molecular weight excluding hydrogens is 596 g/mol. The van der Waals surface area contributed by atoms with Gasteiger partial charge in [-0.3, -0.25) is 40.5 Å². The number of nitro groups is 4. The summed E-state index contributed by atoms with van der Waals surface area (Å²) in [5.41, 5.74) is -2.69. The molecule has 228 valence electrons. The molecule has 0 heterocycles. The maximum atomic E-state index is 12.6. The van der Waals surface area contributed by atoms with Crippen LogP contribution in [-0.2, 0) is 5.41 Å². The van der Waals surface area contributed by atoms with E-state index < -0.39 is 70.9 Å². The van der Waals surface area contributed by atoms with Crippen molar-refractivity contribution in [2.45, 2.75) is 19.3 Å². The summed E-state index contributed by atoms with van der Waals surface area (Å²) < 4.78 is 10.5. The van der Waals surface area contributed by atoms with Crippen LogP contribution in [0.5, 0.6) is 11.5 Å². The molecule has 0 atom stereocenters. The standard InChI is InChI=1S/C29H20N4O12/c1-29(2,17-3-9-21(10-4-17)44-27(34)23-13-7-19(30(36)37)15-25(23)32(40)41)18-5-11-22(12-6-18)45-28(35)24-14-8-20(31(38)39)16-26(24)33(42)43/h3-16H,1-2H3. The van der Waals surface area contributed by atoms with Crippen LogP contribution < -0.4 is 9.47 Å². The second-order valence-corrected chi connectivity index (χ2v) is 9.88. The molecule has 0 unspecified atom stereocenters. The molecule has 0 aliphatic rings. The molecule has 0 amide bonds. The molecule has 4 aromatic carbocycles. The fourth-order valence-corrected chi connectivity index (χ4v) is 4.28. The number of nitrogens with zero attached hydrogens (tertiary/aromatic N) is 4. The van der Waals surface area contributed by atoms with Gasteiger partial charge in [-0.15, -0.1) is 0 Å². The fraction of sp³-hybridized carbons (Fsp3) is 0.103.